The molecule has 2 heterocycles. The molecule has 2 aliphatic carbocycles. The summed E-state index contributed by atoms with van der Waals surface area (Å²) >= 11 is 0. The van der Waals surface area contributed by atoms with Gasteiger partial charge in [0, 0.05) is 33.8 Å². The maximum Gasteiger partial charge on any atom is 0.0616 e. The van der Waals surface area contributed by atoms with Gasteiger partial charge >= 0.3 is 0 Å². The number of aromatic nitrogens is 2. The summed E-state index contributed by atoms with van der Waals surface area (Å²) in [4.78, 5) is 0. The summed E-state index contributed by atoms with van der Waals surface area (Å²) in [6.45, 7) is 2.39. The van der Waals surface area contributed by atoms with E-state index < -0.39 is 0 Å². The van der Waals surface area contributed by atoms with Gasteiger partial charge in [0.25, 0.3) is 0 Å². The van der Waals surface area contributed by atoms with Crippen LogP contribution in [0.15, 0.2) is 158 Å². The van der Waals surface area contributed by atoms with Gasteiger partial charge in [-0.25, -0.2) is 0 Å². The Balaban J connectivity index is 1.38. The molecule has 0 radical (unpaired) electrons. The molecule has 0 saturated carbocycles. The Hall–Kier alpha value is -5.86. The number of benzene rings is 6. The predicted molar refractivity (Wildman–Crippen MR) is 196 cm³/mol. The standard InChI is InChI=1S/C45H32N2/c1-29-25-26-36-43-41(29)38-28-40(31-17-8-3-9-18-31)47(33-21-12-5-13-22-33)45(38)35-24-14-23-34(42(35)43)37-27-39(30-15-6-2-7-16-30)46(44(36)37)32-19-10-4-11-20-32/h2-29,41H,1H3. The van der Waals surface area contributed by atoms with Crippen LogP contribution in [-0.4, -0.2) is 9.13 Å². The molecule has 2 unspecified atom stereocenters. The maximum atomic E-state index is 2.52. The minimum Gasteiger partial charge on any atom is -0.309 e. The van der Waals surface area contributed by atoms with Gasteiger partial charge in [-0.3, -0.25) is 0 Å². The number of hydrogen-bond donors (Lipinski definition) is 0. The quantitative estimate of drug-likeness (QED) is 0.190. The summed E-state index contributed by atoms with van der Waals surface area (Å²) < 4.78 is 5.02. The van der Waals surface area contributed by atoms with Gasteiger partial charge in [0.1, 0.15) is 0 Å². The molecule has 0 aliphatic heterocycles. The zero-order chi connectivity index (χ0) is 31.1. The van der Waals surface area contributed by atoms with Gasteiger partial charge in [0.05, 0.1) is 22.6 Å². The predicted octanol–water partition coefficient (Wildman–Crippen LogP) is 11.7. The Bertz CT molecular complexity index is 2500. The fourth-order valence-electron chi connectivity index (χ4n) is 8.44. The molecule has 10 rings (SSSR count). The van der Waals surface area contributed by atoms with Gasteiger partial charge in [0.2, 0.25) is 0 Å². The van der Waals surface area contributed by atoms with E-state index in [1.165, 1.54) is 83.5 Å². The van der Waals surface area contributed by atoms with Crippen molar-refractivity contribution >= 4 is 27.8 Å². The van der Waals surface area contributed by atoms with Gasteiger partial charge in [-0.15, -0.1) is 0 Å². The van der Waals surface area contributed by atoms with E-state index in [1.54, 1.807) is 0 Å². The number of fused-ring (bicyclic) bond motifs is 6. The Morgan fingerprint density at radius 1 is 0.532 bits per heavy atom. The third-order valence-electron chi connectivity index (χ3n) is 10.4. The van der Waals surface area contributed by atoms with Crippen LogP contribution in [0.4, 0.5) is 0 Å². The largest absolute Gasteiger partial charge is 0.309 e. The summed E-state index contributed by atoms with van der Waals surface area (Å²) in [5, 5.41) is 4.01. The van der Waals surface area contributed by atoms with Crippen molar-refractivity contribution < 1.29 is 0 Å². The number of para-hydroxylation sites is 2. The van der Waals surface area contributed by atoms with Gasteiger partial charge < -0.3 is 9.13 Å². The van der Waals surface area contributed by atoms with Gasteiger partial charge in [-0.05, 0) is 75.3 Å². The lowest BCUT2D eigenvalue weighted by molar-refractivity contribution is 0.622. The normalized spacial score (nSPS) is 16.1. The van der Waals surface area contributed by atoms with Gasteiger partial charge in [-0.2, -0.15) is 0 Å². The first-order chi connectivity index (χ1) is 23.3. The first kappa shape index (κ1) is 26.4. The van der Waals surface area contributed by atoms with E-state index in [9.17, 15) is 0 Å². The second-order valence-electron chi connectivity index (χ2n) is 13.0. The SMILES string of the molecule is CC1C=Cc2c3c4c(cccc4c4cc(-c5ccccc5)n(-c5ccccc5)c24)-c2c(cc(-c4ccccc4)n2-c2ccccc2)C31. The van der Waals surface area contributed by atoms with Crippen molar-refractivity contribution in [2.45, 2.75) is 12.8 Å². The van der Waals surface area contributed by atoms with Crippen molar-refractivity contribution in [1.82, 2.24) is 9.13 Å². The highest BCUT2D eigenvalue weighted by atomic mass is 15.0. The minimum absolute atomic E-state index is 0.235. The summed E-state index contributed by atoms with van der Waals surface area (Å²) in [6, 6.07) is 55.4. The Morgan fingerprint density at radius 2 is 1.11 bits per heavy atom. The molecule has 2 heteroatoms. The summed E-state index contributed by atoms with van der Waals surface area (Å²) in [6.07, 6.45) is 4.86. The zero-order valence-electron chi connectivity index (χ0n) is 26.1. The average molecular weight is 601 g/mol. The minimum atomic E-state index is 0.235. The van der Waals surface area contributed by atoms with E-state index in [1.807, 2.05) is 0 Å². The number of allylic oxidation sites excluding steroid dienone is 1. The highest BCUT2D eigenvalue weighted by molar-refractivity contribution is 6.19. The number of rotatable bonds is 4. The van der Waals surface area contributed by atoms with Gasteiger partial charge in [-0.1, -0.05) is 134 Å². The summed E-state index contributed by atoms with van der Waals surface area (Å²) in [5.41, 5.74) is 15.4. The second-order valence-corrected chi connectivity index (χ2v) is 13.0. The fraction of sp³-hybridized carbons (Fsp3) is 0.0667. The van der Waals surface area contributed by atoms with Crippen molar-refractivity contribution in [1.29, 1.82) is 0 Å². The van der Waals surface area contributed by atoms with Crippen LogP contribution in [0.5, 0.6) is 0 Å². The van der Waals surface area contributed by atoms with Crippen molar-refractivity contribution in [3.63, 3.8) is 0 Å². The molecular weight excluding hydrogens is 569 g/mol. The van der Waals surface area contributed by atoms with E-state index in [2.05, 4.69) is 180 Å². The van der Waals surface area contributed by atoms with E-state index in [0.717, 1.165) is 0 Å². The molecule has 2 nitrogen and oxygen atoms in total. The number of nitrogens with zero attached hydrogens (tertiary/aromatic N) is 2. The Morgan fingerprint density at radius 3 is 1.74 bits per heavy atom. The topological polar surface area (TPSA) is 9.86 Å². The van der Waals surface area contributed by atoms with Gasteiger partial charge in [0.15, 0.2) is 0 Å². The molecule has 6 aromatic carbocycles. The van der Waals surface area contributed by atoms with Crippen molar-refractivity contribution in [3.05, 3.63) is 174 Å². The highest BCUT2D eigenvalue weighted by Gasteiger charge is 2.39. The molecule has 0 N–H and O–H groups in total. The second kappa shape index (κ2) is 10.1. The van der Waals surface area contributed by atoms with Crippen LogP contribution in [-0.2, 0) is 0 Å². The van der Waals surface area contributed by atoms with Crippen molar-refractivity contribution in [3.8, 4) is 45.1 Å². The van der Waals surface area contributed by atoms with E-state index in [4.69, 9.17) is 0 Å². The first-order valence-corrected chi connectivity index (χ1v) is 16.6. The summed E-state index contributed by atoms with van der Waals surface area (Å²) in [7, 11) is 0. The lowest BCUT2D eigenvalue weighted by Gasteiger charge is -2.35. The van der Waals surface area contributed by atoms with Crippen LogP contribution in [0, 0.1) is 5.92 Å². The van der Waals surface area contributed by atoms with Crippen molar-refractivity contribution in [2.24, 2.45) is 5.92 Å². The molecule has 8 aromatic rings. The van der Waals surface area contributed by atoms with Crippen LogP contribution < -0.4 is 0 Å². The first-order valence-electron chi connectivity index (χ1n) is 16.6. The van der Waals surface area contributed by atoms with Crippen LogP contribution in [0.25, 0.3) is 72.9 Å². The molecule has 0 fully saturated rings. The van der Waals surface area contributed by atoms with Crippen LogP contribution in [0.2, 0.25) is 0 Å². The molecule has 0 saturated heterocycles. The molecule has 2 atom stereocenters. The van der Waals surface area contributed by atoms with Crippen LogP contribution >= 0.6 is 0 Å². The highest BCUT2D eigenvalue weighted by Crippen LogP contribution is 2.56. The molecular formula is C45H32N2. The van der Waals surface area contributed by atoms with E-state index in [-0.39, 0.29) is 5.92 Å². The Labute approximate surface area is 274 Å². The molecule has 0 bridgehead atoms. The van der Waals surface area contributed by atoms with Crippen LogP contribution in [0.1, 0.15) is 29.5 Å². The average Bonchev–Trinajstić information content (AvgIpc) is 3.74. The zero-order valence-corrected chi connectivity index (χ0v) is 26.1. The molecule has 47 heavy (non-hydrogen) atoms. The lowest BCUT2D eigenvalue weighted by atomic mass is 9.69. The lowest BCUT2D eigenvalue weighted by Crippen LogP contribution is -2.19. The van der Waals surface area contributed by atoms with E-state index >= 15 is 0 Å². The molecule has 0 spiro atoms. The third kappa shape index (κ3) is 3.73. The Kier molecular flexibility index (Phi) is 5.65. The van der Waals surface area contributed by atoms with Crippen LogP contribution in [0.3, 0.4) is 0 Å². The summed E-state index contributed by atoms with van der Waals surface area (Å²) in [5.74, 6) is 0.581. The molecule has 2 aliphatic rings. The monoisotopic (exact) mass is 600 g/mol. The molecule has 222 valence electrons. The maximum absolute atomic E-state index is 2.52. The number of hydrogen-bond acceptors (Lipinski definition) is 0. The smallest absolute Gasteiger partial charge is 0.0616 e. The van der Waals surface area contributed by atoms with Crippen molar-refractivity contribution in [2.75, 3.05) is 0 Å². The fourth-order valence-corrected chi connectivity index (χ4v) is 8.44. The third-order valence-corrected chi connectivity index (χ3v) is 10.4. The molecule has 0 amide bonds. The molecule has 2 aromatic heterocycles. The van der Waals surface area contributed by atoms with E-state index in [0.29, 0.717) is 5.92 Å².